The minimum atomic E-state index is -0.965. The number of aromatic carboxylic acids is 1. The molecule has 4 heteroatoms. The highest BCUT2D eigenvalue weighted by Crippen LogP contribution is 2.15. The second-order valence-corrected chi connectivity index (χ2v) is 3.11. The van der Waals surface area contributed by atoms with Crippen LogP contribution < -0.4 is 11.1 Å². The lowest BCUT2D eigenvalue weighted by atomic mass is 10.1. The summed E-state index contributed by atoms with van der Waals surface area (Å²) in [6, 6.07) is 4.70. The van der Waals surface area contributed by atoms with Crippen LogP contribution in [0.3, 0.4) is 0 Å². The number of carboxylic acids is 1. The first-order valence-electron chi connectivity index (χ1n) is 4.59. The van der Waals surface area contributed by atoms with Crippen LogP contribution in [-0.2, 0) is 0 Å². The molecule has 0 aliphatic carbocycles. The Bertz CT molecular complexity index is 386. The summed E-state index contributed by atoms with van der Waals surface area (Å²) in [5.74, 6) is -0.965. The molecule has 0 bridgehead atoms. The van der Waals surface area contributed by atoms with Crippen molar-refractivity contribution in [3.05, 3.63) is 35.4 Å². The fourth-order valence-electron chi connectivity index (χ4n) is 1.16. The fraction of sp³-hybridized carbons (Fsp3) is 0.182. The second kappa shape index (κ2) is 5.17. The number of nitrogens with two attached hydrogens (primary N) is 1. The van der Waals surface area contributed by atoms with Crippen molar-refractivity contribution in [2.24, 2.45) is 0 Å². The SMILES string of the molecule is CNCC=Cc1ccc(C(=O)O)cc1N. The Kier molecular flexibility index (Phi) is 3.88. The maximum Gasteiger partial charge on any atom is 0.335 e. The van der Waals surface area contributed by atoms with Crippen LogP contribution in [0, 0.1) is 0 Å². The van der Waals surface area contributed by atoms with Crippen LogP contribution in [0.15, 0.2) is 24.3 Å². The van der Waals surface area contributed by atoms with Crippen LogP contribution in [0.2, 0.25) is 0 Å². The zero-order valence-electron chi connectivity index (χ0n) is 8.53. The number of likely N-dealkylation sites (N-methyl/N-ethyl adjacent to an activating group) is 1. The smallest absolute Gasteiger partial charge is 0.335 e. The molecule has 1 aromatic carbocycles. The molecule has 0 spiro atoms. The van der Waals surface area contributed by atoms with Gasteiger partial charge in [0.1, 0.15) is 0 Å². The van der Waals surface area contributed by atoms with E-state index in [9.17, 15) is 4.79 Å². The first-order valence-corrected chi connectivity index (χ1v) is 4.59. The quantitative estimate of drug-likeness (QED) is 0.647. The summed E-state index contributed by atoms with van der Waals surface area (Å²) in [7, 11) is 1.85. The molecule has 0 fully saturated rings. The Morgan fingerprint density at radius 2 is 2.33 bits per heavy atom. The summed E-state index contributed by atoms with van der Waals surface area (Å²) in [5.41, 5.74) is 7.22. The van der Waals surface area contributed by atoms with Gasteiger partial charge < -0.3 is 16.2 Å². The van der Waals surface area contributed by atoms with Crippen LogP contribution in [-0.4, -0.2) is 24.7 Å². The van der Waals surface area contributed by atoms with Crippen molar-refractivity contribution in [1.82, 2.24) is 5.32 Å². The highest BCUT2D eigenvalue weighted by molar-refractivity contribution is 5.89. The Morgan fingerprint density at radius 3 is 2.87 bits per heavy atom. The van der Waals surface area contributed by atoms with Gasteiger partial charge in [-0.05, 0) is 24.7 Å². The molecule has 0 saturated heterocycles. The average molecular weight is 206 g/mol. The molecule has 4 N–H and O–H groups in total. The topological polar surface area (TPSA) is 75.3 Å². The van der Waals surface area contributed by atoms with Crippen LogP contribution in [0.25, 0.3) is 6.08 Å². The first kappa shape index (κ1) is 11.3. The molecular weight excluding hydrogens is 192 g/mol. The van der Waals surface area contributed by atoms with Crippen LogP contribution in [0.1, 0.15) is 15.9 Å². The van der Waals surface area contributed by atoms with E-state index in [-0.39, 0.29) is 5.56 Å². The zero-order valence-corrected chi connectivity index (χ0v) is 8.53. The van der Waals surface area contributed by atoms with E-state index in [1.165, 1.54) is 12.1 Å². The van der Waals surface area contributed by atoms with E-state index in [2.05, 4.69) is 5.32 Å². The summed E-state index contributed by atoms with van der Waals surface area (Å²) in [6.45, 7) is 0.750. The molecule has 0 heterocycles. The van der Waals surface area contributed by atoms with E-state index in [0.29, 0.717) is 5.69 Å². The van der Waals surface area contributed by atoms with Gasteiger partial charge in [0.25, 0.3) is 0 Å². The Hall–Kier alpha value is -1.81. The van der Waals surface area contributed by atoms with Gasteiger partial charge in [-0.3, -0.25) is 0 Å². The van der Waals surface area contributed by atoms with Crippen molar-refractivity contribution in [3.8, 4) is 0 Å². The molecule has 0 amide bonds. The summed E-state index contributed by atoms with van der Waals surface area (Å²) in [4.78, 5) is 10.6. The Labute approximate surface area is 88.4 Å². The molecule has 0 aliphatic rings. The number of anilines is 1. The molecule has 4 nitrogen and oxygen atoms in total. The molecule has 0 atom stereocenters. The van der Waals surface area contributed by atoms with Gasteiger partial charge in [-0.15, -0.1) is 0 Å². The number of hydrogen-bond acceptors (Lipinski definition) is 3. The zero-order chi connectivity index (χ0) is 11.3. The lowest BCUT2D eigenvalue weighted by molar-refractivity contribution is 0.0697. The number of carboxylic acid groups (broad SMARTS) is 1. The van der Waals surface area contributed by atoms with E-state index < -0.39 is 5.97 Å². The number of carbonyl (C=O) groups is 1. The van der Waals surface area contributed by atoms with Crippen molar-refractivity contribution >= 4 is 17.7 Å². The minimum absolute atomic E-state index is 0.207. The van der Waals surface area contributed by atoms with Gasteiger partial charge in [-0.2, -0.15) is 0 Å². The minimum Gasteiger partial charge on any atom is -0.478 e. The van der Waals surface area contributed by atoms with Gasteiger partial charge in [-0.1, -0.05) is 18.2 Å². The van der Waals surface area contributed by atoms with Gasteiger partial charge in [0.2, 0.25) is 0 Å². The standard InChI is InChI=1S/C11H14N2O2/c1-13-6-2-3-8-4-5-9(11(14)15)7-10(8)12/h2-5,7,13H,6,12H2,1H3,(H,14,15). The molecule has 1 rings (SSSR count). The average Bonchev–Trinajstić information content (AvgIpc) is 2.20. The molecule has 0 saturated carbocycles. The van der Waals surface area contributed by atoms with E-state index in [0.717, 1.165) is 12.1 Å². The third-order valence-electron chi connectivity index (χ3n) is 1.95. The summed E-state index contributed by atoms with van der Waals surface area (Å²) >= 11 is 0. The monoisotopic (exact) mass is 206 g/mol. The molecule has 1 aromatic rings. The third kappa shape index (κ3) is 3.11. The van der Waals surface area contributed by atoms with Gasteiger partial charge in [0.05, 0.1) is 5.56 Å². The van der Waals surface area contributed by atoms with Crippen molar-refractivity contribution < 1.29 is 9.90 Å². The fourth-order valence-corrected chi connectivity index (χ4v) is 1.16. The van der Waals surface area contributed by atoms with E-state index >= 15 is 0 Å². The molecular formula is C11H14N2O2. The first-order chi connectivity index (χ1) is 7.15. The predicted octanol–water partition coefficient (Wildman–Crippen LogP) is 1.20. The maximum atomic E-state index is 10.6. The highest BCUT2D eigenvalue weighted by atomic mass is 16.4. The molecule has 80 valence electrons. The van der Waals surface area contributed by atoms with Crippen molar-refractivity contribution in [1.29, 1.82) is 0 Å². The summed E-state index contributed by atoms with van der Waals surface area (Å²) in [5, 5.41) is 11.7. The largest absolute Gasteiger partial charge is 0.478 e. The number of hydrogen-bond donors (Lipinski definition) is 3. The number of benzene rings is 1. The predicted molar refractivity (Wildman–Crippen MR) is 60.8 cm³/mol. The summed E-state index contributed by atoms with van der Waals surface area (Å²) < 4.78 is 0. The highest BCUT2D eigenvalue weighted by Gasteiger charge is 2.03. The van der Waals surface area contributed by atoms with Crippen LogP contribution in [0.5, 0.6) is 0 Å². The van der Waals surface area contributed by atoms with Gasteiger partial charge >= 0.3 is 5.97 Å². The summed E-state index contributed by atoms with van der Waals surface area (Å²) in [6.07, 6.45) is 3.78. The number of rotatable bonds is 4. The third-order valence-corrected chi connectivity index (χ3v) is 1.95. The lowest BCUT2D eigenvalue weighted by Gasteiger charge is -2.01. The second-order valence-electron chi connectivity index (χ2n) is 3.11. The number of nitrogen functional groups attached to an aromatic ring is 1. The van der Waals surface area contributed by atoms with Crippen molar-refractivity contribution in [3.63, 3.8) is 0 Å². The molecule has 0 aliphatic heterocycles. The lowest BCUT2D eigenvalue weighted by Crippen LogP contribution is -2.04. The van der Waals surface area contributed by atoms with Crippen LogP contribution in [0.4, 0.5) is 5.69 Å². The van der Waals surface area contributed by atoms with Gasteiger partial charge in [-0.25, -0.2) is 4.79 Å². The normalized spacial score (nSPS) is 10.7. The van der Waals surface area contributed by atoms with E-state index in [1.807, 2.05) is 19.2 Å². The van der Waals surface area contributed by atoms with E-state index in [1.54, 1.807) is 6.07 Å². The van der Waals surface area contributed by atoms with Crippen LogP contribution >= 0.6 is 0 Å². The van der Waals surface area contributed by atoms with Crippen molar-refractivity contribution in [2.45, 2.75) is 0 Å². The molecule has 15 heavy (non-hydrogen) atoms. The maximum absolute atomic E-state index is 10.6. The van der Waals surface area contributed by atoms with E-state index in [4.69, 9.17) is 10.8 Å². The molecule has 0 radical (unpaired) electrons. The van der Waals surface area contributed by atoms with Gasteiger partial charge in [0.15, 0.2) is 0 Å². The molecule has 0 unspecified atom stereocenters. The van der Waals surface area contributed by atoms with Gasteiger partial charge in [0, 0.05) is 12.2 Å². The van der Waals surface area contributed by atoms with Crippen molar-refractivity contribution in [2.75, 3.05) is 19.3 Å². The molecule has 0 aromatic heterocycles. The Balaban J connectivity index is 2.88. The number of nitrogens with one attached hydrogen (secondary N) is 1. The Morgan fingerprint density at radius 1 is 1.60 bits per heavy atom.